The summed E-state index contributed by atoms with van der Waals surface area (Å²) in [5, 5.41) is 4.24. The number of benzene rings is 1. The van der Waals surface area contributed by atoms with Crippen molar-refractivity contribution in [3.63, 3.8) is 0 Å². The molecule has 1 amide bonds. The zero-order valence-corrected chi connectivity index (χ0v) is 18.7. The molecule has 1 fully saturated rings. The van der Waals surface area contributed by atoms with Gasteiger partial charge in [-0.3, -0.25) is 14.8 Å². The molecule has 4 aromatic rings. The molecule has 0 spiro atoms. The van der Waals surface area contributed by atoms with Crippen molar-refractivity contribution < 1.29 is 9.53 Å². The Morgan fingerprint density at radius 1 is 1.06 bits per heavy atom. The van der Waals surface area contributed by atoms with E-state index in [0.29, 0.717) is 25.3 Å². The average molecular weight is 440 g/mol. The van der Waals surface area contributed by atoms with Crippen LogP contribution in [0.15, 0.2) is 67.0 Å². The van der Waals surface area contributed by atoms with Gasteiger partial charge in [-0.05, 0) is 55.8 Å². The smallest absolute Gasteiger partial charge is 0.254 e. The first-order chi connectivity index (χ1) is 16.1. The van der Waals surface area contributed by atoms with Crippen LogP contribution in [-0.2, 0) is 4.74 Å². The Kier molecular flexibility index (Phi) is 5.71. The lowest BCUT2D eigenvalue weighted by molar-refractivity contribution is -0.0246. The predicted molar refractivity (Wildman–Crippen MR) is 128 cm³/mol. The molecule has 33 heavy (non-hydrogen) atoms. The summed E-state index contributed by atoms with van der Waals surface area (Å²) in [7, 11) is 0. The van der Waals surface area contributed by atoms with Crippen LogP contribution in [-0.4, -0.2) is 45.5 Å². The quantitative estimate of drug-likeness (QED) is 0.501. The molecule has 1 aliphatic rings. The molecule has 7 heteroatoms. The molecule has 1 atom stereocenters. The molecule has 4 heterocycles. The van der Waals surface area contributed by atoms with Crippen LogP contribution >= 0.6 is 0 Å². The number of nitrogens with one attached hydrogen (secondary N) is 1. The Bertz CT molecular complexity index is 1320. The Morgan fingerprint density at radius 3 is 2.79 bits per heavy atom. The molecule has 7 nitrogen and oxygen atoms in total. The molecule has 1 N–H and O–H groups in total. The number of ether oxygens (including phenoxy) is 1. The topological polar surface area (TPSA) is 80.2 Å². The second kappa shape index (κ2) is 8.96. The van der Waals surface area contributed by atoms with Gasteiger partial charge in [0.2, 0.25) is 0 Å². The Morgan fingerprint density at radius 2 is 1.91 bits per heavy atom. The number of carbonyl (C=O) groups excluding carboxylic acids is 1. The number of rotatable bonds is 4. The summed E-state index contributed by atoms with van der Waals surface area (Å²) in [4.78, 5) is 28.7. The molecule has 166 valence electrons. The van der Waals surface area contributed by atoms with Crippen molar-refractivity contribution in [3.8, 4) is 0 Å². The molecule has 0 unspecified atom stereocenters. The third-order valence-corrected chi connectivity index (χ3v) is 5.81. The minimum atomic E-state index is -0.305. The number of nitrogens with zero attached hydrogens (tertiary/aromatic N) is 4. The van der Waals surface area contributed by atoms with E-state index in [0.717, 1.165) is 39.4 Å². The Hall–Kier alpha value is -3.84. The van der Waals surface area contributed by atoms with Crippen molar-refractivity contribution in [3.05, 3.63) is 89.5 Å². The van der Waals surface area contributed by atoms with Crippen molar-refractivity contribution in [2.75, 3.05) is 25.0 Å². The highest BCUT2D eigenvalue weighted by molar-refractivity contribution is 6.06. The maximum atomic E-state index is 13.4. The van der Waals surface area contributed by atoms with Crippen LogP contribution < -0.4 is 5.32 Å². The van der Waals surface area contributed by atoms with E-state index in [1.807, 2.05) is 73.3 Å². The zero-order chi connectivity index (χ0) is 22.8. The third kappa shape index (κ3) is 4.40. The van der Waals surface area contributed by atoms with E-state index < -0.39 is 0 Å². The maximum absolute atomic E-state index is 13.4. The number of hydrogen-bond donors (Lipinski definition) is 1. The molecule has 1 aliphatic heterocycles. The van der Waals surface area contributed by atoms with E-state index in [1.165, 1.54) is 0 Å². The summed E-state index contributed by atoms with van der Waals surface area (Å²) in [6, 6.07) is 17.3. The van der Waals surface area contributed by atoms with Crippen LogP contribution in [0.25, 0.3) is 10.9 Å². The molecule has 0 saturated carbocycles. The molecule has 1 aromatic carbocycles. The van der Waals surface area contributed by atoms with Crippen LogP contribution in [0.2, 0.25) is 0 Å². The second-order valence-corrected chi connectivity index (χ2v) is 8.20. The highest BCUT2D eigenvalue weighted by atomic mass is 16.5. The lowest BCUT2D eigenvalue weighted by Crippen LogP contribution is -2.42. The number of fused-ring (bicyclic) bond motifs is 1. The molecular weight excluding hydrogens is 414 g/mol. The first-order valence-electron chi connectivity index (χ1n) is 11.0. The fourth-order valence-corrected chi connectivity index (χ4v) is 4.16. The van der Waals surface area contributed by atoms with E-state index in [4.69, 9.17) is 9.72 Å². The molecule has 1 saturated heterocycles. The molecular formula is C26H25N5O2. The number of carbonyl (C=O) groups is 1. The highest BCUT2D eigenvalue weighted by Crippen LogP contribution is 2.27. The summed E-state index contributed by atoms with van der Waals surface area (Å²) in [5.74, 6) is 0.789. The summed E-state index contributed by atoms with van der Waals surface area (Å²) in [6.07, 6.45) is 3.20. The van der Waals surface area contributed by atoms with Gasteiger partial charge in [0, 0.05) is 41.3 Å². The van der Waals surface area contributed by atoms with Crippen LogP contribution in [0.3, 0.4) is 0 Å². The van der Waals surface area contributed by atoms with Gasteiger partial charge in [-0.1, -0.05) is 18.2 Å². The van der Waals surface area contributed by atoms with Crippen LogP contribution in [0.5, 0.6) is 0 Å². The van der Waals surface area contributed by atoms with Gasteiger partial charge in [-0.2, -0.15) is 0 Å². The van der Waals surface area contributed by atoms with Crippen LogP contribution in [0.4, 0.5) is 11.5 Å². The fourth-order valence-electron chi connectivity index (χ4n) is 4.16. The van der Waals surface area contributed by atoms with Crippen LogP contribution in [0, 0.1) is 13.8 Å². The molecule has 0 aliphatic carbocycles. The van der Waals surface area contributed by atoms with E-state index in [-0.39, 0.29) is 12.0 Å². The van der Waals surface area contributed by atoms with E-state index in [2.05, 4.69) is 15.3 Å². The summed E-state index contributed by atoms with van der Waals surface area (Å²) < 4.78 is 6.04. The van der Waals surface area contributed by atoms with Gasteiger partial charge in [-0.25, -0.2) is 4.98 Å². The minimum Gasteiger partial charge on any atom is -0.368 e. The zero-order valence-electron chi connectivity index (χ0n) is 18.7. The lowest BCUT2D eigenvalue weighted by atomic mass is 10.1. The average Bonchev–Trinajstić information content (AvgIpc) is 2.84. The number of pyridine rings is 3. The first kappa shape index (κ1) is 21.0. The largest absolute Gasteiger partial charge is 0.368 e. The number of hydrogen-bond acceptors (Lipinski definition) is 6. The molecule has 0 bridgehead atoms. The predicted octanol–water partition coefficient (Wildman–Crippen LogP) is 4.60. The minimum absolute atomic E-state index is 0.0167. The van der Waals surface area contributed by atoms with Crippen molar-refractivity contribution in [2.45, 2.75) is 20.0 Å². The van der Waals surface area contributed by atoms with Crippen molar-refractivity contribution >= 4 is 28.3 Å². The van der Waals surface area contributed by atoms with Crippen molar-refractivity contribution in [2.24, 2.45) is 0 Å². The van der Waals surface area contributed by atoms with Gasteiger partial charge < -0.3 is 15.0 Å². The monoisotopic (exact) mass is 439 g/mol. The van der Waals surface area contributed by atoms with Gasteiger partial charge in [0.15, 0.2) is 0 Å². The van der Waals surface area contributed by atoms with Gasteiger partial charge >= 0.3 is 0 Å². The van der Waals surface area contributed by atoms with E-state index in [1.54, 1.807) is 12.4 Å². The van der Waals surface area contributed by atoms with E-state index in [9.17, 15) is 4.79 Å². The lowest BCUT2D eigenvalue weighted by Gasteiger charge is -2.33. The molecule has 0 radical (unpaired) electrons. The summed E-state index contributed by atoms with van der Waals surface area (Å²) in [6.45, 7) is 5.40. The summed E-state index contributed by atoms with van der Waals surface area (Å²) >= 11 is 0. The number of anilines is 2. The number of amides is 1. The number of aromatic nitrogens is 3. The van der Waals surface area contributed by atoms with Crippen molar-refractivity contribution in [1.29, 1.82) is 0 Å². The molecule has 5 rings (SSSR count). The SMILES string of the molecule is Cc1cc(Nc2ncccc2C)cc([C@H]2CN(C(=O)c3cccc4ncccc34)CCO2)n1. The third-order valence-electron chi connectivity index (χ3n) is 5.81. The summed E-state index contributed by atoms with van der Waals surface area (Å²) in [5.41, 5.74) is 5.09. The van der Waals surface area contributed by atoms with Gasteiger partial charge in [0.05, 0.1) is 24.4 Å². The second-order valence-electron chi connectivity index (χ2n) is 8.20. The van der Waals surface area contributed by atoms with Gasteiger partial charge in [0.1, 0.15) is 11.9 Å². The number of aryl methyl sites for hydroxylation is 2. The van der Waals surface area contributed by atoms with Crippen LogP contribution in [0.1, 0.15) is 33.4 Å². The standard InChI is InChI=1S/C26H25N5O2/c1-17-6-4-11-28-25(17)30-19-14-18(2)29-23(15-19)24-16-31(12-13-33-24)26(32)21-7-3-9-22-20(21)8-5-10-27-22/h3-11,14-15,24H,12-13,16H2,1-2H3,(H,28,29,30)/t24-/m1/s1. The molecule has 3 aromatic heterocycles. The van der Waals surface area contributed by atoms with E-state index >= 15 is 0 Å². The van der Waals surface area contributed by atoms with Gasteiger partial charge in [-0.15, -0.1) is 0 Å². The fraction of sp³-hybridized carbons (Fsp3) is 0.231. The van der Waals surface area contributed by atoms with Gasteiger partial charge in [0.25, 0.3) is 5.91 Å². The normalized spacial score (nSPS) is 16.1. The maximum Gasteiger partial charge on any atom is 0.254 e. The highest BCUT2D eigenvalue weighted by Gasteiger charge is 2.28. The Balaban J connectivity index is 1.39. The first-order valence-corrected chi connectivity index (χ1v) is 11.0. The Labute approximate surface area is 192 Å². The number of morpholine rings is 1. The van der Waals surface area contributed by atoms with Crippen molar-refractivity contribution in [1.82, 2.24) is 19.9 Å².